The lowest BCUT2D eigenvalue weighted by molar-refractivity contribution is -0.310. The van der Waals surface area contributed by atoms with Crippen molar-refractivity contribution in [3.63, 3.8) is 0 Å². The standard InChI is InChI=1S/C30H30O7/c1-21(2)27(31)35-29(25-19-33-25,17-15-23-11-7-5-8-12-23)37-30(26-20-34-26,36-28(32)22(3)4)18-16-24-13-9-6-10-14-24/h5-18,25-26H,1,3,19-20H2,2,4H3. The van der Waals surface area contributed by atoms with Crippen LogP contribution in [0.25, 0.3) is 12.2 Å². The summed E-state index contributed by atoms with van der Waals surface area (Å²) in [6, 6.07) is 18.9. The highest BCUT2D eigenvalue weighted by Crippen LogP contribution is 2.42. The molecular formula is C30H30O7. The molecule has 2 aliphatic rings. The van der Waals surface area contributed by atoms with E-state index in [-0.39, 0.29) is 24.4 Å². The second-order valence-electron chi connectivity index (χ2n) is 9.02. The van der Waals surface area contributed by atoms with Gasteiger partial charge in [-0.1, -0.05) is 86.0 Å². The summed E-state index contributed by atoms with van der Waals surface area (Å²) in [4.78, 5) is 25.6. The molecule has 0 saturated carbocycles. The van der Waals surface area contributed by atoms with Crippen molar-refractivity contribution in [2.24, 2.45) is 0 Å². The number of hydrogen-bond donors (Lipinski definition) is 0. The average Bonchev–Trinajstić information content (AvgIpc) is 3.79. The number of rotatable bonds is 12. The first kappa shape index (κ1) is 26.3. The van der Waals surface area contributed by atoms with Crippen molar-refractivity contribution >= 4 is 24.1 Å². The molecular weight excluding hydrogens is 472 g/mol. The minimum Gasteiger partial charge on any atom is -0.423 e. The van der Waals surface area contributed by atoms with E-state index in [1.807, 2.05) is 60.7 Å². The minimum absolute atomic E-state index is 0.175. The minimum atomic E-state index is -1.76. The molecule has 2 aromatic carbocycles. The van der Waals surface area contributed by atoms with Crippen LogP contribution in [0, 0.1) is 0 Å². The molecule has 192 valence electrons. The van der Waals surface area contributed by atoms with Gasteiger partial charge < -0.3 is 18.9 Å². The highest BCUT2D eigenvalue weighted by molar-refractivity contribution is 5.88. The van der Waals surface area contributed by atoms with E-state index in [1.165, 1.54) is 13.8 Å². The van der Waals surface area contributed by atoms with Crippen LogP contribution in [-0.2, 0) is 33.3 Å². The summed E-state index contributed by atoms with van der Waals surface area (Å²) >= 11 is 0. The zero-order valence-electron chi connectivity index (χ0n) is 20.9. The van der Waals surface area contributed by atoms with Crippen LogP contribution in [0.5, 0.6) is 0 Å². The zero-order valence-corrected chi connectivity index (χ0v) is 20.9. The van der Waals surface area contributed by atoms with Crippen molar-refractivity contribution < 1.29 is 33.3 Å². The van der Waals surface area contributed by atoms with E-state index >= 15 is 0 Å². The number of epoxide rings is 2. The Morgan fingerprint density at radius 1 is 0.757 bits per heavy atom. The molecule has 4 unspecified atom stereocenters. The number of carbonyl (C=O) groups excluding carboxylic acids is 2. The normalized spacial score (nSPS) is 21.6. The van der Waals surface area contributed by atoms with Gasteiger partial charge in [-0.2, -0.15) is 0 Å². The van der Waals surface area contributed by atoms with Crippen molar-refractivity contribution in [1.82, 2.24) is 0 Å². The van der Waals surface area contributed by atoms with Crippen LogP contribution in [0.1, 0.15) is 25.0 Å². The molecule has 4 rings (SSSR count). The van der Waals surface area contributed by atoms with Crippen LogP contribution >= 0.6 is 0 Å². The second kappa shape index (κ2) is 11.1. The molecule has 0 aliphatic carbocycles. The molecule has 2 aromatic rings. The maximum Gasteiger partial charge on any atom is 0.335 e. The highest BCUT2D eigenvalue weighted by Gasteiger charge is 2.60. The zero-order chi connectivity index (χ0) is 26.5. The molecule has 0 radical (unpaired) electrons. The number of esters is 2. The van der Waals surface area contributed by atoms with E-state index in [2.05, 4.69) is 13.2 Å². The van der Waals surface area contributed by atoms with Crippen molar-refractivity contribution in [3.05, 3.63) is 108 Å². The van der Waals surface area contributed by atoms with Gasteiger partial charge in [-0.05, 0) is 37.1 Å². The van der Waals surface area contributed by atoms with E-state index in [0.29, 0.717) is 0 Å². The maximum atomic E-state index is 12.8. The monoisotopic (exact) mass is 502 g/mol. The third-order valence-electron chi connectivity index (χ3n) is 5.70. The van der Waals surface area contributed by atoms with E-state index in [1.54, 1.807) is 24.3 Å². The fourth-order valence-electron chi connectivity index (χ4n) is 3.48. The van der Waals surface area contributed by atoms with Crippen molar-refractivity contribution in [1.29, 1.82) is 0 Å². The first-order chi connectivity index (χ1) is 17.7. The molecule has 7 heteroatoms. The molecule has 2 heterocycles. The summed E-state index contributed by atoms with van der Waals surface area (Å²) in [7, 11) is 0. The van der Waals surface area contributed by atoms with Crippen LogP contribution in [-0.4, -0.2) is 48.9 Å². The van der Waals surface area contributed by atoms with Gasteiger partial charge in [-0.15, -0.1) is 0 Å². The molecule has 0 spiro atoms. The summed E-state index contributed by atoms with van der Waals surface area (Å²) < 4.78 is 29.6. The predicted octanol–water partition coefficient (Wildman–Crippen LogP) is 4.86. The first-order valence-corrected chi connectivity index (χ1v) is 11.9. The van der Waals surface area contributed by atoms with Crippen LogP contribution in [0.3, 0.4) is 0 Å². The van der Waals surface area contributed by atoms with Crippen LogP contribution < -0.4 is 0 Å². The van der Waals surface area contributed by atoms with Gasteiger partial charge in [0.15, 0.2) is 12.2 Å². The van der Waals surface area contributed by atoms with E-state index in [9.17, 15) is 9.59 Å². The Balaban J connectivity index is 1.80. The van der Waals surface area contributed by atoms with Gasteiger partial charge in [0.25, 0.3) is 11.6 Å². The van der Waals surface area contributed by atoms with Gasteiger partial charge in [0.1, 0.15) is 0 Å². The Morgan fingerprint density at radius 2 is 1.11 bits per heavy atom. The molecule has 2 fully saturated rings. The molecule has 7 nitrogen and oxygen atoms in total. The Morgan fingerprint density at radius 3 is 1.41 bits per heavy atom. The number of ether oxygens (including phenoxy) is 5. The van der Waals surface area contributed by atoms with Crippen LogP contribution in [0.15, 0.2) is 97.1 Å². The van der Waals surface area contributed by atoms with Crippen molar-refractivity contribution in [3.8, 4) is 0 Å². The molecule has 2 saturated heterocycles. The summed E-state index contributed by atoms with van der Waals surface area (Å²) in [6.07, 6.45) is 5.41. The molecule has 0 N–H and O–H groups in total. The largest absolute Gasteiger partial charge is 0.423 e. The lowest BCUT2D eigenvalue weighted by Gasteiger charge is -2.38. The van der Waals surface area contributed by atoms with Crippen molar-refractivity contribution in [2.45, 2.75) is 37.6 Å². The summed E-state index contributed by atoms with van der Waals surface area (Å²) in [5.74, 6) is -4.88. The first-order valence-electron chi connectivity index (χ1n) is 11.9. The summed E-state index contributed by atoms with van der Waals surface area (Å²) in [5, 5.41) is 0. The molecule has 0 bridgehead atoms. The third kappa shape index (κ3) is 6.71. The van der Waals surface area contributed by atoms with Gasteiger partial charge in [0.2, 0.25) is 0 Å². The average molecular weight is 503 g/mol. The maximum absolute atomic E-state index is 12.8. The Kier molecular flexibility index (Phi) is 7.88. The molecule has 2 aliphatic heterocycles. The topological polar surface area (TPSA) is 86.9 Å². The number of hydrogen-bond acceptors (Lipinski definition) is 7. The van der Waals surface area contributed by atoms with Crippen molar-refractivity contribution in [2.75, 3.05) is 13.2 Å². The van der Waals surface area contributed by atoms with Gasteiger partial charge in [0, 0.05) is 11.1 Å². The molecule has 0 amide bonds. The smallest absolute Gasteiger partial charge is 0.335 e. The fraction of sp³-hybridized carbons (Fsp3) is 0.267. The lowest BCUT2D eigenvalue weighted by atomic mass is 10.1. The molecule has 37 heavy (non-hydrogen) atoms. The Hall–Kier alpha value is -3.78. The molecule has 0 aromatic heterocycles. The number of benzene rings is 2. The van der Waals surface area contributed by atoms with Gasteiger partial charge >= 0.3 is 11.9 Å². The number of carbonyl (C=O) groups is 2. The summed E-state index contributed by atoms with van der Waals surface area (Å²) in [5.41, 5.74) is 2.03. The SMILES string of the molecule is C=C(C)C(=O)OC(C=Cc1ccccc1)(OC(C=Cc1ccccc1)(OC(=O)C(=C)C)C1CO1)C1CO1. The van der Waals surface area contributed by atoms with E-state index in [4.69, 9.17) is 23.7 Å². The van der Waals surface area contributed by atoms with Crippen LogP contribution in [0.2, 0.25) is 0 Å². The van der Waals surface area contributed by atoms with Gasteiger partial charge in [-0.3, -0.25) is 4.74 Å². The fourth-order valence-corrected chi connectivity index (χ4v) is 3.48. The van der Waals surface area contributed by atoms with E-state index in [0.717, 1.165) is 11.1 Å². The van der Waals surface area contributed by atoms with Gasteiger partial charge in [0.05, 0.1) is 13.2 Å². The second-order valence-corrected chi connectivity index (χ2v) is 9.02. The molecule has 4 atom stereocenters. The summed E-state index contributed by atoms with van der Waals surface area (Å²) in [6.45, 7) is 11.0. The lowest BCUT2D eigenvalue weighted by Crippen LogP contribution is -2.54. The van der Waals surface area contributed by atoms with Crippen LogP contribution in [0.4, 0.5) is 0 Å². The van der Waals surface area contributed by atoms with E-state index < -0.39 is 35.7 Å². The Bertz CT molecular complexity index is 1110. The third-order valence-corrected chi connectivity index (χ3v) is 5.70. The van der Waals surface area contributed by atoms with Gasteiger partial charge in [-0.25, -0.2) is 9.59 Å². The predicted molar refractivity (Wildman–Crippen MR) is 139 cm³/mol. The highest BCUT2D eigenvalue weighted by atomic mass is 16.8. The quantitative estimate of drug-likeness (QED) is 0.177. The Labute approximate surface area is 216 Å².